The number of hydrogen-bond acceptors (Lipinski definition) is 14. The van der Waals surface area contributed by atoms with Crippen molar-refractivity contribution in [1.82, 2.24) is 4.98 Å². The number of aliphatic hydroxyl groups is 4. The van der Waals surface area contributed by atoms with Crippen LogP contribution >= 0.6 is 11.8 Å². The first-order valence-corrected chi connectivity index (χ1v) is 12.5. The van der Waals surface area contributed by atoms with E-state index in [-0.39, 0.29) is 56.8 Å². The number of aliphatic carboxylic acids is 1. The van der Waals surface area contributed by atoms with E-state index in [1.54, 1.807) is 0 Å². The summed E-state index contributed by atoms with van der Waals surface area (Å²) in [5, 5.41) is 58.4. The molecule has 6 N–H and O–H groups in total. The Balaban J connectivity index is 1.26. The minimum absolute atomic E-state index is 0.0404. The number of rotatable bonds is 14. The lowest BCUT2D eigenvalue weighted by Crippen LogP contribution is -2.59. The zero-order valence-corrected chi connectivity index (χ0v) is 21.0. The number of thioether (sulfide) groups is 1. The molecule has 1 aromatic rings. The average Bonchev–Trinajstić information content (AvgIpc) is 3.28. The lowest BCUT2D eigenvalue weighted by atomic mass is 9.99. The molecular formula is C22H32N2O12S. The summed E-state index contributed by atoms with van der Waals surface area (Å²) in [6, 6.07) is 1.38. The van der Waals surface area contributed by atoms with E-state index in [0.717, 1.165) is 0 Å². The van der Waals surface area contributed by atoms with Crippen LogP contribution in [0.4, 0.5) is 0 Å². The molecule has 0 spiro atoms. The van der Waals surface area contributed by atoms with E-state index in [1.165, 1.54) is 30.9 Å². The Kier molecular flexibility index (Phi) is 10.9. The molecule has 0 radical (unpaired) electrons. The highest BCUT2D eigenvalue weighted by Crippen LogP contribution is 2.34. The van der Waals surface area contributed by atoms with E-state index < -0.39 is 48.8 Å². The van der Waals surface area contributed by atoms with Crippen molar-refractivity contribution in [3.05, 3.63) is 18.0 Å². The number of aliphatic hydroxyl groups excluding tert-OH is 4. The summed E-state index contributed by atoms with van der Waals surface area (Å²) in [5.41, 5.74) is -1.05. The molecule has 1 aromatic heterocycles. The maximum atomic E-state index is 11.3. The normalized spacial score (nSPS) is 29.8. The maximum Gasteiger partial charge on any atom is 0.332 e. The van der Waals surface area contributed by atoms with Gasteiger partial charge >= 0.3 is 5.97 Å². The van der Waals surface area contributed by atoms with Gasteiger partial charge < -0.3 is 54.3 Å². The molecule has 14 nitrogen and oxygen atoms in total. The molecule has 0 saturated carbocycles. The highest BCUT2D eigenvalue weighted by atomic mass is 32.2. The Labute approximate surface area is 216 Å². The van der Waals surface area contributed by atoms with E-state index in [4.69, 9.17) is 28.8 Å². The van der Waals surface area contributed by atoms with E-state index in [1.807, 2.05) is 0 Å². The molecule has 15 heteroatoms. The second-order valence-corrected chi connectivity index (χ2v) is 9.43. The van der Waals surface area contributed by atoms with Crippen LogP contribution in [-0.4, -0.2) is 135 Å². The Morgan fingerprint density at radius 3 is 2.41 bits per heavy atom. The van der Waals surface area contributed by atoms with Crippen molar-refractivity contribution in [3.8, 4) is 11.5 Å². The van der Waals surface area contributed by atoms with Gasteiger partial charge in [-0.05, 0) is 6.92 Å². The van der Waals surface area contributed by atoms with Gasteiger partial charge in [0, 0.05) is 11.8 Å². The molecular weight excluding hydrogens is 516 g/mol. The smallest absolute Gasteiger partial charge is 0.332 e. The zero-order chi connectivity index (χ0) is 27.0. The van der Waals surface area contributed by atoms with Crippen molar-refractivity contribution >= 4 is 22.8 Å². The highest BCUT2D eigenvalue weighted by molar-refractivity contribution is 8.14. The summed E-state index contributed by atoms with van der Waals surface area (Å²) in [7, 11) is 0. The van der Waals surface area contributed by atoms with Crippen molar-refractivity contribution in [1.29, 1.82) is 0 Å². The van der Waals surface area contributed by atoms with Gasteiger partial charge in [-0.15, -0.1) is 11.8 Å². The molecule has 2 aliphatic heterocycles. The van der Waals surface area contributed by atoms with Gasteiger partial charge in [0.05, 0.1) is 45.8 Å². The molecule has 0 aromatic carbocycles. The topological polar surface area (TPSA) is 210 Å². The van der Waals surface area contributed by atoms with E-state index in [9.17, 15) is 30.3 Å². The molecule has 37 heavy (non-hydrogen) atoms. The number of aromatic hydroxyl groups is 1. The lowest BCUT2D eigenvalue weighted by molar-refractivity contribution is -0.302. The molecule has 1 fully saturated rings. The second-order valence-electron chi connectivity index (χ2n) is 8.46. The molecule has 1 saturated heterocycles. The fourth-order valence-electron chi connectivity index (χ4n) is 3.38. The SMILES string of the molecule is C[C@]1(C(=O)O)CSC(c2ncc(OCCOCCOCCO[C@@H]3OC(CO)[C@H](O)C(O)C3O)cc2O)=N1. The third-order valence-electron chi connectivity index (χ3n) is 5.57. The van der Waals surface area contributed by atoms with Crippen LogP contribution in [0, 0.1) is 0 Å². The van der Waals surface area contributed by atoms with E-state index >= 15 is 0 Å². The van der Waals surface area contributed by atoms with Crippen LogP contribution in [-0.2, 0) is 23.7 Å². The van der Waals surface area contributed by atoms with Gasteiger partial charge in [0.25, 0.3) is 0 Å². The van der Waals surface area contributed by atoms with Crippen molar-refractivity contribution in [3.63, 3.8) is 0 Å². The Bertz CT molecular complexity index is 935. The summed E-state index contributed by atoms with van der Waals surface area (Å²) < 4.78 is 26.8. The van der Waals surface area contributed by atoms with Crippen molar-refractivity contribution in [2.24, 2.45) is 4.99 Å². The molecule has 3 unspecified atom stereocenters. The standard InChI is InChI=1S/C22H32N2O12S/c1-22(21(30)31)11-37-19(24-22)15-13(26)8-12(9-23-15)34-6-4-32-2-3-33-5-7-35-20-18(29)17(28)16(27)14(10-25)36-20/h8-9,14,16-18,20,25-29H,2-7,10-11H2,1H3,(H,30,31)/t14?,16-,17?,18?,20+,22+/m0/s1. The number of aromatic nitrogens is 1. The fraction of sp³-hybridized carbons (Fsp3) is 0.682. The maximum absolute atomic E-state index is 11.3. The summed E-state index contributed by atoms with van der Waals surface area (Å²) in [4.78, 5) is 19.6. The monoisotopic (exact) mass is 548 g/mol. The van der Waals surface area contributed by atoms with Gasteiger partial charge in [-0.25, -0.2) is 9.78 Å². The lowest BCUT2D eigenvalue weighted by Gasteiger charge is -2.39. The third-order valence-corrected chi connectivity index (χ3v) is 6.84. The van der Waals surface area contributed by atoms with Crippen molar-refractivity contribution in [2.75, 3.05) is 52.0 Å². The largest absolute Gasteiger partial charge is 0.505 e. The Morgan fingerprint density at radius 2 is 1.78 bits per heavy atom. The van der Waals surface area contributed by atoms with Crippen molar-refractivity contribution < 1.29 is 59.1 Å². The number of carboxylic acid groups (broad SMARTS) is 1. The molecule has 2 aliphatic rings. The van der Waals surface area contributed by atoms with Crippen molar-refractivity contribution in [2.45, 2.75) is 43.2 Å². The van der Waals surface area contributed by atoms with Crippen LogP contribution in [0.25, 0.3) is 0 Å². The number of ether oxygens (including phenoxy) is 5. The molecule has 0 amide bonds. The summed E-state index contributed by atoms with van der Waals surface area (Å²) >= 11 is 1.21. The minimum Gasteiger partial charge on any atom is -0.505 e. The average molecular weight is 549 g/mol. The van der Waals surface area contributed by atoms with Gasteiger partial charge in [0.2, 0.25) is 0 Å². The number of hydrogen-bond donors (Lipinski definition) is 6. The van der Waals surface area contributed by atoms with Crippen LogP contribution in [0.3, 0.4) is 0 Å². The Morgan fingerprint density at radius 1 is 1.11 bits per heavy atom. The van der Waals surface area contributed by atoms with Crippen LogP contribution < -0.4 is 4.74 Å². The van der Waals surface area contributed by atoms with Gasteiger partial charge in [0.15, 0.2) is 11.8 Å². The first kappa shape index (κ1) is 29.5. The van der Waals surface area contributed by atoms with Gasteiger partial charge in [0.1, 0.15) is 53.3 Å². The van der Waals surface area contributed by atoms with Gasteiger partial charge in [-0.1, -0.05) is 0 Å². The van der Waals surface area contributed by atoms with Crippen LogP contribution in [0.5, 0.6) is 11.5 Å². The number of nitrogens with zero attached hydrogens (tertiary/aromatic N) is 2. The highest BCUT2D eigenvalue weighted by Gasteiger charge is 2.44. The number of pyridine rings is 1. The Hall–Kier alpha value is -2.08. The molecule has 0 bridgehead atoms. The number of carbonyl (C=O) groups is 1. The number of aliphatic imine (C=N–C) groups is 1. The summed E-state index contributed by atoms with van der Waals surface area (Å²) in [6.45, 7) is 2.12. The minimum atomic E-state index is -1.50. The fourth-order valence-corrected chi connectivity index (χ4v) is 4.54. The zero-order valence-electron chi connectivity index (χ0n) is 20.1. The van der Waals surface area contributed by atoms with Gasteiger partial charge in [-0.3, -0.25) is 4.99 Å². The molecule has 3 rings (SSSR count). The molecule has 0 aliphatic carbocycles. The third kappa shape index (κ3) is 7.72. The quantitative estimate of drug-likeness (QED) is 0.144. The summed E-state index contributed by atoms with van der Waals surface area (Å²) in [6.07, 6.45) is -5.23. The van der Waals surface area contributed by atoms with E-state index in [2.05, 4.69) is 9.98 Å². The summed E-state index contributed by atoms with van der Waals surface area (Å²) in [5.74, 6) is -0.639. The van der Waals surface area contributed by atoms with Crippen LogP contribution in [0.1, 0.15) is 12.6 Å². The van der Waals surface area contributed by atoms with Crippen LogP contribution in [0.2, 0.25) is 0 Å². The van der Waals surface area contributed by atoms with E-state index in [0.29, 0.717) is 10.8 Å². The molecule has 3 heterocycles. The first-order valence-electron chi connectivity index (χ1n) is 11.5. The predicted molar refractivity (Wildman–Crippen MR) is 128 cm³/mol. The van der Waals surface area contributed by atoms with Gasteiger partial charge in [-0.2, -0.15) is 0 Å². The number of carboxylic acids is 1. The molecule has 208 valence electrons. The van der Waals surface area contributed by atoms with Crippen LogP contribution in [0.15, 0.2) is 17.3 Å². The molecule has 6 atom stereocenters. The predicted octanol–water partition coefficient (Wildman–Crippen LogP) is -1.65. The second kappa shape index (κ2) is 13.6. The first-order chi connectivity index (χ1) is 17.7.